The van der Waals surface area contributed by atoms with Gasteiger partial charge in [0, 0.05) is 18.7 Å². The van der Waals surface area contributed by atoms with E-state index in [1.165, 1.54) is 0 Å². The number of hydrazine groups is 1. The number of hydrogen-bond acceptors (Lipinski definition) is 5. The van der Waals surface area contributed by atoms with Gasteiger partial charge in [0.25, 0.3) is 0 Å². The van der Waals surface area contributed by atoms with E-state index < -0.39 is 0 Å². The van der Waals surface area contributed by atoms with Crippen LogP contribution in [0.1, 0.15) is 0 Å². The zero-order valence-electron chi connectivity index (χ0n) is 8.94. The Kier molecular flexibility index (Phi) is 2.98. The predicted octanol–water partition coefficient (Wildman–Crippen LogP) is 1.27. The summed E-state index contributed by atoms with van der Waals surface area (Å²) in [6.45, 7) is 0. The van der Waals surface area contributed by atoms with Crippen LogP contribution in [0.5, 0.6) is 0 Å². The molecule has 16 heavy (non-hydrogen) atoms. The smallest absolute Gasteiger partial charge is 0.222 e. The van der Waals surface area contributed by atoms with Crippen molar-refractivity contribution < 1.29 is 0 Å². The highest BCUT2D eigenvalue weighted by atomic mass is 15.4. The summed E-state index contributed by atoms with van der Waals surface area (Å²) in [4.78, 5) is 8.23. The maximum absolute atomic E-state index is 5.64. The molecule has 2 aromatic rings. The van der Waals surface area contributed by atoms with Crippen molar-refractivity contribution in [1.82, 2.24) is 15.4 Å². The Morgan fingerprint density at radius 1 is 1.12 bits per heavy atom. The average Bonchev–Trinajstić information content (AvgIpc) is 2.30. The van der Waals surface area contributed by atoms with Crippen molar-refractivity contribution in [2.24, 2.45) is 0 Å². The van der Waals surface area contributed by atoms with Crippen LogP contribution in [0.15, 0.2) is 36.4 Å². The molecule has 4 N–H and O–H groups in total. The summed E-state index contributed by atoms with van der Waals surface area (Å²) in [6.07, 6.45) is 0. The number of nitrogen functional groups attached to an aromatic ring is 1. The maximum atomic E-state index is 5.64. The van der Waals surface area contributed by atoms with Gasteiger partial charge in [-0.25, -0.2) is 10.4 Å². The van der Waals surface area contributed by atoms with E-state index in [-0.39, 0.29) is 5.95 Å². The standard InChI is InChI=1S/C11H13N5/c1-13-16-10-7-9(14-11(12)15-10)8-5-3-2-4-6-8/h2-7,13H,1H3,(H3,12,14,15,16). The number of benzene rings is 1. The molecule has 5 heteroatoms. The number of hydrogen-bond donors (Lipinski definition) is 3. The third-order valence-corrected chi connectivity index (χ3v) is 2.07. The van der Waals surface area contributed by atoms with Crippen molar-refractivity contribution in [1.29, 1.82) is 0 Å². The van der Waals surface area contributed by atoms with Crippen LogP contribution in [0.2, 0.25) is 0 Å². The lowest BCUT2D eigenvalue weighted by Gasteiger charge is -2.06. The molecule has 2 rings (SSSR count). The summed E-state index contributed by atoms with van der Waals surface area (Å²) in [5.41, 5.74) is 13.1. The average molecular weight is 215 g/mol. The van der Waals surface area contributed by atoms with E-state index in [2.05, 4.69) is 20.8 Å². The molecule has 0 bridgehead atoms. The van der Waals surface area contributed by atoms with Crippen LogP contribution in [0.4, 0.5) is 11.8 Å². The highest BCUT2D eigenvalue weighted by molar-refractivity contribution is 5.63. The van der Waals surface area contributed by atoms with Gasteiger partial charge in [0.1, 0.15) is 5.82 Å². The normalized spacial score (nSPS) is 10.1. The molecular weight excluding hydrogens is 202 g/mol. The van der Waals surface area contributed by atoms with Crippen LogP contribution in [0, 0.1) is 0 Å². The van der Waals surface area contributed by atoms with Gasteiger partial charge in [-0.3, -0.25) is 0 Å². The number of nitrogens with one attached hydrogen (secondary N) is 2. The molecule has 0 unspecified atom stereocenters. The zero-order chi connectivity index (χ0) is 11.4. The van der Waals surface area contributed by atoms with Gasteiger partial charge >= 0.3 is 0 Å². The van der Waals surface area contributed by atoms with E-state index in [1.54, 1.807) is 7.05 Å². The Balaban J connectivity index is 2.41. The van der Waals surface area contributed by atoms with Crippen LogP contribution >= 0.6 is 0 Å². The fourth-order valence-corrected chi connectivity index (χ4v) is 1.41. The number of rotatable bonds is 3. The van der Waals surface area contributed by atoms with Crippen LogP contribution in [-0.4, -0.2) is 17.0 Å². The SMILES string of the molecule is CNNc1cc(-c2ccccc2)nc(N)n1. The van der Waals surface area contributed by atoms with Crippen molar-refractivity contribution in [3.63, 3.8) is 0 Å². The molecule has 0 radical (unpaired) electrons. The molecule has 0 spiro atoms. The molecule has 0 amide bonds. The van der Waals surface area contributed by atoms with Crippen LogP contribution in [-0.2, 0) is 0 Å². The minimum Gasteiger partial charge on any atom is -0.368 e. The fraction of sp³-hybridized carbons (Fsp3) is 0.0909. The quantitative estimate of drug-likeness (QED) is 0.672. The molecule has 0 fully saturated rings. The summed E-state index contributed by atoms with van der Waals surface area (Å²) in [7, 11) is 1.76. The largest absolute Gasteiger partial charge is 0.368 e. The van der Waals surface area contributed by atoms with E-state index in [4.69, 9.17) is 5.73 Å². The second-order valence-corrected chi connectivity index (χ2v) is 3.24. The van der Waals surface area contributed by atoms with Gasteiger partial charge in [0.05, 0.1) is 5.69 Å². The number of nitrogens with zero attached hydrogens (tertiary/aromatic N) is 2. The van der Waals surface area contributed by atoms with Crippen molar-refractivity contribution in [2.45, 2.75) is 0 Å². The van der Waals surface area contributed by atoms with E-state index in [9.17, 15) is 0 Å². The molecule has 0 aliphatic heterocycles. The lowest BCUT2D eigenvalue weighted by molar-refractivity contribution is 0.961. The van der Waals surface area contributed by atoms with Crippen molar-refractivity contribution in [3.8, 4) is 11.3 Å². The molecule has 0 aliphatic rings. The van der Waals surface area contributed by atoms with Gasteiger partial charge in [-0.05, 0) is 0 Å². The molecule has 1 heterocycles. The topological polar surface area (TPSA) is 75.9 Å². The van der Waals surface area contributed by atoms with E-state index in [1.807, 2.05) is 36.4 Å². The summed E-state index contributed by atoms with van der Waals surface area (Å²) in [6, 6.07) is 11.7. The second-order valence-electron chi connectivity index (χ2n) is 3.24. The fourth-order valence-electron chi connectivity index (χ4n) is 1.41. The first-order valence-corrected chi connectivity index (χ1v) is 4.92. The van der Waals surface area contributed by atoms with Gasteiger partial charge in [-0.15, -0.1) is 0 Å². The molecule has 0 saturated heterocycles. The molecular formula is C11H13N5. The first-order chi connectivity index (χ1) is 7.79. The molecule has 1 aromatic heterocycles. The summed E-state index contributed by atoms with van der Waals surface area (Å²) >= 11 is 0. The predicted molar refractivity (Wildman–Crippen MR) is 64.6 cm³/mol. The number of nitrogens with two attached hydrogens (primary N) is 1. The Morgan fingerprint density at radius 3 is 2.56 bits per heavy atom. The van der Waals surface area contributed by atoms with Gasteiger partial charge in [-0.1, -0.05) is 30.3 Å². The Labute approximate surface area is 93.7 Å². The Hall–Kier alpha value is -2.14. The Bertz CT molecular complexity index is 469. The first kappa shape index (κ1) is 10.4. The summed E-state index contributed by atoms with van der Waals surface area (Å²) < 4.78 is 0. The monoisotopic (exact) mass is 215 g/mol. The molecule has 5 nitrogen and oxygen atoms in total. The van der Waals surface area contributed by atoms with E-state index in [0.29, 0.717) is 5.82 Å². The highest BCUT2D eigenvalue weighted by Crippen LogP contribution is 2.19. The van der Waals surface area contributed by atoms with Crippen LogP contribution in [0.3, 0.4) is 0 Å². The lowest BCUT2D eigenvalue weighted by atomic mass is 10.1. The van der Waals surface area contributed by atoms with Gasteiger partial charge in [-0.2, -0.15) is 4.98 Å². The lowest BCUT2D eigenvalue weighted by Crippen LogP contribution is -2.16. The Morgan fingerprint density at radius 2 is 1.88 bits per heavy atom. The van der Waals surface area contributed by atoms with Crippen molar-refractivity contribution in [2.75, 3.05) is 18.2 Å². The van der Waals surface area contributed by atoms with Crippen LogP contribution in [0.25, 0.3) is 11.3 Å². The summed E-state index contributed by atoms with van der Waals surface area (Å²) in [5.74, 6) is 0.896. The van der Waals surface area contributed by atoms with Crippen molar-refractivity contribution >= 4 is 11.8 Å². The molecule has 0 saturated carbocycles. The third-order valence-electron chi connectivity index (χ3n) is 2.07. The molecule has 82 valence electrons. The third kappa shape index (κ3) is 2.26. The van der Waals surface area contributed by atoms with E-state index >= 15 is 0 Å². The molecule has 0 atom stereocenters. The molecule has 1 aromatic carbocycles. The van der Waals surface area contributed by atoms with Crippen molar-refractivity contribution in [3.05, 3.63) is 36.4 Å². The van der Waals surface area contributed by atoms with Crippen LogP contribution < -0.4 is 16.6 Å². The molecule has 0 aliphatic carbocycles. The second kappa shape index (κ2) is 4.59. The first-order valence-electron chi connectivity index (χ1n) is 4.92. The maximum Gasteiger partial charge on any atom is 0.222 e. The zero-order valence-corrected chi connectivity index (χ0v) is 8.94. The number of anilines is 2. The highest BCUT2D eigenvalue weighted by Gasteiger charge is 2.03. The minimum atomic E-state index is 0.249. The van der Waals surface area contributed by atoms with Gasteiger partial charge in [0.2, 0.25) is 5.95 Å². The van der Waals surface area contributed by atoms with Gasteiger partial charge < -0.3 is 11.2 Å². The number of aromatic nitrogens is 2. The minimum absolute atomic E-state index is 0.249. The van der Waals surface area contributed by atoms with E-state index in [0.717, 1.165) is 11.3 Å². The summed E-state index contributed by atoms with van der Waals surface area (Å²) in [5, 5.41) is 0. The van der Waals surface area contributed by atoms with Gasteiger partial charge in [0.15, 0.2) is 0 Å².